The predicted molar refractivity (Wildman–Crippen MR) is 72.0 cm³/mol. The highest BCUT2D eigenvalue weighted by Crippen LogP contribution is 2.12. The lowest BCUT2D eigenvalue weighted by molar-refractivity contribution is 0.301. The van der Waals surface area contributed by atoms with Crippen LogP contribution in [0.1, 0.15) is 19.0 Å². The molecule has 0 radical (unpaired) electrons. The molecule has 3 rings (SSSR count). The molecule has 0 saturated carbocycles. The van der Waals surface area contributed by atoms with Gasteiger partial charge < -0.3 is 9.14 Å². The zero-order valence-corrected chi connectivity index (χ0v) is 10.9. The summed E-state index contributed by atoms with van der Waals surface area (Å²) in [6, 6.07) is 5.93. The van der Waals surface area contributed by atoms with Crippen molar-refractivity contribution in [2.75, 3.05) is 0 Å². The van der Waals surface area contributed by atoms with Gasteiger partial charge in [-0.15, -0.1) is 0 Å². The highest BCUT2D eigenvalue weighted by molar-refractivity contribution is 5.39. The van der Waals surface area contributed by atoms with E-state index in [0.29, 0.717) is 6.61 Å². The Bertz CT molecular complexity index is 638. The van der Waals surface area contributed by atoms with Gasteiger partial charge in [-0.25, -0.2) is 4.98 Å². The number of hydrogen-bond acceptors (Lipinski definition) is 3. The fourth-order valence-electron chi connectivity index (χ4n) is 1.98. The highest BCUT2D eigenvalue weighted by atomic mass is 16.5. The maximum atomic E-state index is 5.69. The van der Waals surface area contributed by atoms with Gasteiger partial charge in [0.25, 0.3) is 0 Å². The van der Waals surface area contributed by atoms with E-state index in [-0.39, 0.29) is 0 Å². The normalized spacial score (nSPS) is 11.0. The van der Waals surface area contributed by atoms with Crippen molar-refractivity contribution in [1.29, 1.82) is 0 Å². The lowest BCUT2D eigenvalue weighted by Crippen LogP contribution is -1.96. The zero-order chi connectivity index (χ0) is 13.1. The Morgan fingerprint density at radius 2 is 2.21 bits per heavy atom. The quantitative estimate of drug-likeness (QED) is 0.704. The molecule has 19 heavy (non-hydrogen) atoms. The van der Waals surface area contributed by atoms with Crippen molar-refractivity contribution in [3.05, 3.63) is 48.7 Å². The largest absolute Gasteiger partial charge is 0.484 e. The van der Waals surface area contributed by atoms with Crippen LogP contribution in [-0.4, -0.2) is 19.2 Å². The minimum Gasteiger partial charge on any atom is -0.484 e. The number of pyridine rings is 1. The first kappa shape index (κ1) is 11.8. The summed E-state index contributed by atoms with van der Waals surface area (Å²) < 4.78 is 9.56. The van der Waals surface area contributed by atoms with Crippen LogP contribution in [0.2, 0.25) is 0 Å². The van der Waals surface area contributed by atoms with Crippen molar-refractivity contribution < 1.29 is 4.74 Å². The second-order valence-corrected chi connectivity index (χ2v) is 4.43. The highest BCUT2D eigenvalue weighted by Gasteiger charge is 2.03. The lowest BCUT2D eigenvalue weighted by atomic mass is 10.5. The summed E-state index contributed by atoms with van der Waals surface area (Å²) in [7, 11) is 0. The van der Waals surface area contributed by atoms with Crippen LogP contribution in [-0.2, 0) is 13.2 Å². The van der Waals surface area contributed by atoms with E-state index in [4.69, 9.17) is 4.74 Å². The van der Waals surface area contributed by atoms with Gasteiger partial charge in [-0.2, -0.15) is 5.10 Å². The maximum absolute atomic E-state index is 5.69. The summed E-state index contributed by atoms with van der Waals surface area (Å²) in [5.74, 6) is 0.783. The Balaban J connectivity index is 1.67. The molecule has 3 aromatic heterocycles. The van der Waals surface area contributed by atoms with Crippen molar-refractivity contribution in [2.45, 2.75) is 26.5 Å². The second kappa shape index (κ2) is 5.14. The SMILES string of the molecule is CCCn1cc(OCc2cn3ccccc3n2)cn1. The van der Waals surface area contributed by atoms with E-state index < -0.39 is 0 Å². The van der Waals surface area contributed by atoms with Crippen LogP contribution in [0.4, 0.5) is 0 Å². The molecule has 0 bridgehead atoms. The van der Waals surface area contributed by atoms with E-state index in [1.807, 2.05) is 45.9 Å². The van der Waals surface area contributed by atoms with Crippen molar-refractivity contribution in [2.24, 2.45) is 0 Å². The molecular formula is C14H16N4O. The molecule has 0 N–H and O–H groups in total. The minimum atomic E-state index is 0.458. The van der Waals surface area contributed by atoms with Gasteiger partial charge >= 0.3 is 0 Å². The summed E-state index contributed by atoms with van der Waals surface area (Å²) in [4.78, 5) is 4.48. The molecule has 0 aliphatic rings. The van der Waals surface area contributed by atoms with Crippen LogP contribution in [0.15, 0.2) is 43.0 Å². The van der Waals surface area contributed by atoms with Gasteiger partial charge in [0.2, 0.25) is 0 Å². The van der Waals surface area contributed by atoms with Crippen LogP contribution in [0.3, 0.4) is 0 Å². The molecule has 0 aliphatic carbocycles. The van der Waals surface area contributed by atoms with Crippen LogP contribution in [0.5, 0.6) is 5.75 Å². The fraction of sp³-hybridized carbons (Fsp3) is 0.286. The molecule has 5 nitrogen and oxygen atoms in total. The number of nitrogens with zero attached hydrogens (tertiary/aromatic N) is 4. The molecule has 98 valence electrons. The third kappa shape index (κ3) is 2.59. The molecule has 0 amide bonds. The van der Waals surface area contributed by atoms with Gasteiger partial charge in [-0.3, -0.25) is 4.68 Å². The van der Waals surface area contributed by atoms with Crippen molar-refractivity contribution in [3.8, 4) is 5.75 Å². The standard InChI is InChI=1S/C14H16N4O/c1-2-6-18-10-13(8-15-18)19-11-12-9-17-7-4-3-5-14(17)16-12/h3-5,7-10H,2,6,11H2,1H3. The summed E-state index contributed by atoms with van der Waals surface area (Å²) in [5.41, 5.74) is 1.84. The molecule has 0 fully saturated rings. The summed E-state index contributed by atoms with van der Waals surface area (Å²) in [5, 5.41) is 4.23. The first-order chi connectivity index (χ1) is 9.35. The second-order valence-electron chi connectivity index (χ2n) is 4.43. The van der Waals surface area contributed by atoms with E-state index >= 15 is 0 Å². The number of aromatic nitrogens is 4. The van der Waals surface area contributed by atoms with Crippen molar-refractivity contribution >= 4 is 5.65 Å². The molecule has 0 aliphatic heterocycles. The van der Waals surface area contributed by atoms with Gasteiger partial charge in [-0.1, -0.05) is 13.0 Å². The maximum Gasteiger partial charge on any atom is 0.157 e. The number of aryl methyl sites for hydroxylation is 1. The average Bonchev–Trinajstić information content (AvgIpc) is 3.02. The van der Waals surface area contributed by atoms with Gasteiger partial charge in [0.1, 0.15) is 12.3 Å². The Kier molecular flexibility index (Phi) is 3.18. The van der Waals surface area contributed by atoms with E-state index in [0.717, 1.165) is 30.1 Å². The summed E-state index contributed by atoms with van der Waals surface area (Å²) in [6.07, 6.45) is 8.68. The van der Waals surface area contributed by atoms with E-state index in [1.165, 1.54) is 0 Å². The Morgan fingerprint density at radius 1 is 1.26 bits per heavy atom. The molecule has 3 aromatic rings. The topological polar surface area (TPSA) is 44.4 Å². The number of ether oxygens (including phenoxy) is 1. The third-order valence-corrected chi connectivity index (χ3v) is 2.86. The van der Waals surface area contributed by atoms with Crippen molar-refractivity contribution in [1.82, 2.24) is 19.2 Å². The Hall–Kier alpha value is -2.30. The number of imidazole rings is 1. The number of hydrogen-bond donors (Lipinski definition) is 0. The number of fused-ring (bicyclic) bond motifs is 1. The molecule has 5 heteroatoms. The summed E-state index contributed by atoms with van der Waals surface area (Å²) >= 11 is 0. The van der Waals surface area contributed by atoms with Crippen LogP contribution in [0, 0.1) is 0 Å². The first-order valence-electron chi connectivity index (χ1n) is 6.43. The Labute approximate surface area is 111 Å². The van der Waals surface area contributed by atoms with E-state index in [1.54, 1.807) is 6.20 Å². The molecule has 3 heterocycles. The molecule has 0 atom stereocenters. The molecule has 0 spiro atoms. The first-order valence-corrected chi connectivity index (χ1v) is 6.43. The van der Waals surface area contributed by atoms with Crippen LogP contribution in [0.25, 0.3) is 5.65 Å². The van der Waals surface area contributed by atoms with Gasteiger partial charge in [0.15, 0.2) is 5.75 Å². The van der Waals surface area contributed by atoms with Crippen LogP contribution < -0.4 is 4.74 Å². The summed E-state index contributed by atoms with van der Waals surface area (Å²) in [6.45, 7) is 3.50. The molecule has 0 unspecified atom stereocenters. The van der Waals surface area contributed by atoms with Gasteiger partial charge in [0.05, 0.1) is 18.1 Å². The van der Waals surface area contributed by atoms with Gasteiger partial charge in [-0.05, 0) is 18.6 Å². The average molecular weight is 256 g/mol. The zero-order valence-electron chi connectivity index (χ0n) is 10.9. The van der Waals surface area contributed by atoms with Gasteiger partial charge in [0, 0.05) is 18.9 Å². The minimum absolute atomic E-state index is 0.458. The smallest absolute Gasteiger partial charge is 0.157 e. The molecular weight excluding hydrogens is 240 g/mol. The van der Waals surface area contributed by atoms with E-state index in [9.17, 15) is 0 Å². The van der Waals surface area contributed by atoms with E-state index in [2.05, 4.69) is 17.0 Å². The Morgan fingerprint density at radius 3 is 3.05 bits per heavy atom. The fourth-order valence-corrected chi connectivity index (χ4v) is 1.98. The number of rotatable bonds is 5. The van der Waals surface area contributed by atoms with Crippen LogP contribution >= 0.6 is 0 Å². The molecule has 0 saturated heterocycles. The lowest BCUT2D eigenvalue weighted by Gasteiger charge is -1.99. The monoisotopic (exact) mass is 256 g/mol. The third-order valence-electron chi connectivity index (χ3n) is 2.86. The van der Waals surface area contributed by atoms with Crippen molar-refractivity contribution in [3.63, 3.8) is 0 Å². The predicted octanol–water partition coefficient (Wildman–Crippen LogP) is 2.52. The molecule has 0 aromatic carbocycles.